The number of tetrazole rings is 1. The molecule has 0 bridgehead atoms. The minimum absolute atomic E-state index is 0.0658. The monoisotopic (exact) mass is 290 g/mol. The molecule has 1 amide bonds. The number of carbonyl (C=O) groups excluding carboxylic acids is 1. The van der Waals surface area contributed by atoms with Crippen LogP contribution in [0.4, 0.5) is 5.95 Å². The summed E-state index contributed by atoms with van der Waals surface area (Å²) in [4.78, 5) is 13.2. The van der Waals surface area contributed by atoms with Crippen molar-refractivity contribution < 1.29 is 4.79 Å². The van der Waals surface area contributed by atoms with E-state index in [4.69, 9.17) is 11.6 Å². The van der Waals surface area contributed by atoms with Crippen LogP contribution in [-0.4, -0.2) is 41.5 Å². The average molecular weight is 291 g/mol. The molecule has 100 valence electrons. The Hall–Kier alpha value is -2.81. The van der Waals surface area contributed by atoms with Gasteiger partial charge in [-0.1, -0.05) is 16.7 Å². The molecule has 2 heterocycles. The van der Waals surface area contributed by atoms with Crippen LogP contribution < -0.4 is 5.32 Å². The lowest BCUT2D eigenvalue weighted by Crippen LogP contribution is -2.14. The van der Waals surface area contributed by atoms with Gasteiger partial charge in [-0.05, 0) is 29.5 Å². The maximum atomic E-state index is 11.8. The van der Waals surface area contributed by atoms with E-state index in [0.29, 0.717) is 10.7 Å². The van der Waals surface area contributed by atoms with Gasteiger partial charge >= 0.3 is 0 Å². The van der Waals surface area contributed by atoms with Crippen LogP contribution in [0.15, 0.2) is 30.5 Å². The van der Waals surface area contributed by atoms with Gasteiger partial charge in [-0.15, -0.1) is 10.2 Å². The van der Waals surface area contributed by atoms with Crippen molar-refractivity contribution in [3.63, 3.8) is 0 Å². The summed E-state index contributed by atoms with van der Waals surface area (Å²) in [6.07, 6.45) is 1.34. The zero-order valence-electron chi connectivity index (χ0n) is 9.86. The molecule has 10 heteroatoms. The van der Waals surface area contributed by atoms with Crippen molar-refractivity contribution in [3.8, 4) is 5.69 Å². The van der Waals surface area contributed by atoms with E-state index in [1.807, 2.05) is 0 Å². The summed E-state index contributed by atoms with van der Waals surface area (Å²) < 4.78 is 0. The lowest BCUT2D eigenvalue weighted by molar-refractivity contribution is 0.102. The predicted molar refractivity (Wildman–Crippen MR) is 68.5 cm³/mol. The molecular weight excluding hydrogens is 284 g/mol. The number of anilines is 1. The SMILES string of the molecule is O=C(Nc1nn[nH]n1)c1cnn(-c2ccc(Cl)cc2)n1. The zero-order chi connectivity index (χ0) is 13.9. The Kier molecular flexibility index (Phi) is 3.09. The maximum Gasteiger partial charge on any atom is 0.280 e. The van der Waals surface area contributed by atoms with Crippen molar-refractivity contribution >= 4 is 23.5 Å². The van der Waals surface area contributed by atoms with Crippen LogP contribution in [0.25, 0.3) is 5.69 Å². The second kappa shape index (κ2) is 5.05. The van der Waals surface area contributed by atoms with Crippen LogP contribution in [-0.2, 0) is 0 Å². The third-order valence-electron chi connectivity index (χ3n) is 2.35. The molecule has 2 N–H and O–H groups in total. The summed E-state index contributed by atoms with van der Waals surface area (Å²) in [7, 11) is 0. The number of benzene rings is 1. The predicted octanol–water partition coefficient (Wildman–Crippen LogP) is 0.686. The van der Waals surface area contributed by atoms with Crippen LogP contribution in [0, 0.1) is 0 Å². The topological polar surface area (TPSA) is 114 Å². The van der Waals surface area contributed by atoms with Crippen LogP contribution in [0.2, 0.25) is 5.02 Å². The number of halogens is 1. The molecule has 3 rings (SSSR count). The molecule has 0 aliphatic rings. The summed E-state index contributed by atoms with van der Waals surface area (Å²) in [5.41, 5.74) is 0.817. The number of carbonyl (C=O) groups is 1. The van der Waals surface area contributed by atoms with E-state index in [1.165, 1.54) is 11.0 Å². The van der Waals surface area contributed by atoms with Gasteiger partial charge in [0.1, 0.15) is 0 Å². The van der Waals surface area contributed by atoms with E-state index >= 15 is 0 Å². The van der Waals surface area contributed by atoms with E-state index in [9.17, 15) is 4.79 Å². The normalized spacial score (nSPS) is 10.4. The van der Waals surface area contributed by atoms with E-state index in [2.05, 4.69) is 36.1 Å². The van der Waals surface area contributed by atoms with E-state index in [-0.39, 0.29) is 11.6 Å². The first-order valence-electron chi connectivity index (χ1n) is 5.45. The van der Waals surface area contributed by atoms with Gasteiger partial charge in [0.15, 0.2) is 5.69 Å². The number of nitrogens with zero attached hydrogens (tertiary/aromatic N) is 6. The smallest absolute Gasteiger partial charge is 0.280 e. The summed E-state index contributed by atoms with van der Waals surface area (Å²) >= 11 is 5.80. The minimum atomic E-state index is -0.480. The van der Waals surface area contributed by atoms with E-state index in [0.717, 1.165) is 0 Å². The van der Waals surface area contributed by atoms with E-state index in [1.54, 1.807) is 24.3 Å². The highest BCUT2D eigenvalue weighted by Crippen LogP contribution is 2.12. The first kappa shape index (κ1) is 12.2. The average Bonchev–Trinajstić information content (AvgIpc) is 3.10. The van der Waals surface area contributed by atoms with Gasteiger partial charge in [-0.25, -0.2) is 0 Å². The van der Waals surface area contributed by atoms with Crippen LogP contribution >= 0.6 is 11.6 Å². The van der Waals surface area contributed by atoms with Gasteiger partial charge < -0.3 is 0 Å². The van der Waals surface area contributed by atoms with Crippen molar-refractivity contribution in [2.75, 3.05) is 5.32 Å². The van der Waals surface area contributed by atoms with Gasteiger partial charge in [0.05, 0.1) is 11.9 Å². The largest absolute Gasteiger partial charge is 0.286 e. The fraction of sp³-hybridized carbons (Fsp3) is 0. The Morgan fingerprint density at radius 3 is 2.80 bits per heavy atom. The Morgan fingerprint density at radius 2 is 2.10 bits per heavy atom. The lowest BCUT2D eigenvalue weighted by atomic mass is 10.3. The molecule has 2 aromatic heterocycles. The zero-order valence-corrected chi connectivity index (χ0v) is 10.6. The highest BCUT2D eigenvalue weighted by Gasteiger charge is 2.13. The number of hydrogen-bond acceptors (Lipinski definition) is 6. The number of hydrogen-bond donors (Lipinski definition) is 2. The van der Waals surface area contributed by atoms with Gasteiger partial charge in [0, 0.05) is 5.02 Å². The van der Waals surface area contributed by atoms with Crippen molar-refractivity contribution in [1.82, 2.24) is 35.6 Å². The molecule has 0 fully saturated rings. The third kappa shape index (κ3) is 2.47. The van der Waals surface area contributed by atoms with Crippen LogP contribution in [0.3, 0.4) is 0 Å². The number of aromatic amines is 1. The fourth-order valence-electron chi connectivity index (χ4n) is 1.45. The Bertz CT molecular complexity index is 720. The highest BCUT2D eigenvalue weighted by molar-refractivity contribution is 6.30. The summed E-state index contributed by atoms with van der Waals surface area (Å²) in [6, 6.07) is 6.89. The van der Waals surface area contributed by atoms with Gasteiger partial charge in [-0.3, -0.25) is 10.1 Å². The first-order chi connectivity index (χ1) is 9.72. The molecule has 3 aromatic rings. The van der Waals surface area contributed by atoms with Crippen molar-refractivity contribution in [2.45, 2.75) is 0 Å². The summed E-state index contributed by atoms with van der Waals surface area (Å²) in [5.74, 6) is -0.414. The molecule has 0 aliphatic carbocycles. The lowest BCUT2D eigenvalue weighted by Gasteiger charge is -1.98. The standard InChI is InChI=1S/C10H7ClN8O/c11-6-1-3-7(4-2-6)19-12-5-8(16-19)9(20)13-10-14-17-18-15-10/h1-5H,(H2,13,14,15,17,18,20). The van der Waals surface area contributed by atoms with Crippen LogP contribution in [0.5, 0.6) is 0 Å². The molecule has 0 spiro atoms. The van der Waals surface area contributed by atoms with Gasteiger partial charge in [0.2, 0.25) is 0 Å². The third-order valence-corrected chi connectivity index (χ3v) is 2.60. The number of H-pyrrole nitrogens is 1. The van der Waals surface area contributed by atoms with Crippen molar-refractivity contribution in [1.29, 1.82) is 0 Å². The Morgan fingerprint density at radius 1 is 1.30 bits per heavy atom. The molecular formula is C10H7ClN8O. The van der Waals surface area contributed by atoms with Gasteiger partial charge in [0.25, 0.3) is 11.9 Å². The number of aromatic nitrogens is 7. The van der Waals surface area contributed by atoms with Crippen molar-refractivity contribution in [3.05, 3.63) is 41.2 Å². The van der Waals surface area contributed by atoms with Crippen LogP contribution in [0.1, 0.15) is 10.5 Å². The van der Waals surface area contributed by atoms with E-state index < -0.39 is 5.91 Å². The second-order valence-corrected chi connectivity index (χ2v) is 4.12. The van der Waals surface area contributed by atoms with Crippen molar-refractivity contribution in [2.24, 2.45) is 0 Å². The number of amides is 1. The molecule has 0 aliphatic heterocycles. The molecule has 20 heavy (non-hydrogen) atoms. The quantitative estimate of drug-likeness (QED) is 0.733. The molecule has 0 atom stereocenters. The number of rotatable bonds is 3. The first-order valence-corrected chi connectivity index (χ1v) is 5.83. The molecule has 0 unspecified atom stereocenters. The molecule has 0 saturated carbocycles. The van der Waals surface area contributed by atoms with Gasteiger partial charge in [-0.2, -0.15) is 15.1 Å². The molecule has 1 aromatic carbocycles. The summed E-state index contributed by atoms with van der Waals surface area (Å²) in [6.45, 7) is 0. The molecule has 9 nitrogen and oxygen atoms in total. The second-order valence-electron chi connectivity index (χ2n) is 3.69. The minimum Gasteiger partial charge on any atom is -0.286 e. The summed E-state index contributed by atoms with van der Waals surface area (Å²) in [5, 5.41) is 23.9. The Balaban J connectivity index is 1.79. The molecule has 0 saturated heterocycles. The number of nitrogens with one attached hydrogen (secondary N) is 2. The highest BCUT2D eigenvalue weighted by atomic mass is 35.5. The fourth-order valence-corrected chi connectivity index (χ4v) is 1.57. The maximum absolute atomic E-state index is 11.8. The Labute approximate surface area is 116 Å². The molecule has 0 radical (unpaired) electrons.